The van der Waals surface area contributed by atoms with E-state index in [0.29, 0.717) is 11.4 Å². The lowest BCUT2D eigenvalue weighted by Crippen LogP contribution is -2.16. The number of carbonyl (C=O) groups is 1. The molecule has 128 valence electrons. The van der Waals surface area contributed by atoms with Crippen molar-refractivity contribution in [2.75, 3.05) is 16.3 Å². The zero-order valence-electron chi connectivity index (χ0n) is 13.3. The maximum Gasteiger partial charge on any atom is 0.275 e. The number of hydrogen-bond donors (Lipinski definition) is 2. The molecule has 0 radical (unpaired) electrons. The molecule has 0 fully saturated rings. The van der Waals surface area contributed by atoms with Crippen molar-refractivity contribution in [1.82, 2.24) is 4.98 Å². The maximum absolute atomic E-state index is 12.4. The molecule has 1 aromatic heterocycles. The highest BCUT2D eigenvalue weighted by atomic mass is 32.2. The van der Waals surface area contributed by atoms with Crippen molar-refractivity contribution in [2.45, 2.75) is 0 Å². The summed E-state index contributed by atoms with van der Waals surface area (Å²) in [5.74, 6) is -0.402. The summed E-state index contributed by atoms with van der Waals surface area (Å²) < 4.78 is 25.2. The molecule has 1 amide bonds. The predicted octanol–water partition coefficient (Wildman–Crippen LogP) is 3.43. The first-order chi connectivity index (χ1) is 11.9. The zero-order chi connectivity index (χ0) is 17.9. The third kappa shape index (κ3) is 4.43. The average molecular weight is 373 g/mol. The van der Waals surface area contributed by atoms with E-state index in [2.05, 4.69) is 15.0 Å². The lowest BCUT2D eigenvalue weighted by atomic mass is 10.2. The van der Waals surface area contributed by atoms with Crippen molar-refractivity contribution in [1.29, 1.82) is 0 Å². The third-order valence-electron chi connectivity index (χ3n) is 3.23. The van der Waals surface area contributed by atoms with Crippen LogP contribution in [-0.2, 0) is 10.0 Å². The van der Waals surface area contributed by atoms with Crippen LogP contribution in [0.4, 0.5) is 11.4 Å². The van der Waals surface area contributed by atoms with Crippen LogP contribution in [0.25, 0.3) is 10.6 Å². The van der Waals surface area contributed by atoms with E-state index in [9.17, 15) is 13.2 Å². The molecule has 0 bridgehead atoms. The Hall–Kier alpha value is -2.71. The maximum atomic E-state index is 12.4. The van der Waals surface area contributed by atoms with Crippen LogP contribution in [0.15, 0.2) is 60.0 Å². The number of para-hydroxylation sites is 2. The van der Waals surface area contributed by atoms with Crippen molar-refractivity contribution in [3.8, 4) is 10.6 Å². The van der Waals surface area contributed by atoms with Crippen LogP contribution in [0.1, 0.15) is 10.5 Å². The van der Waals surface area contributed by atoms with Gasteiger partial charge in [0.2, 0.25) is 10.0 Å². The predicted molar refractivity (Wildman–Crippen MR) is 100 cm³/mol. The van der Waals surface area contributed by atoms with Crippen molar-refractivity contribution in [3.63, 3.8) is 0 Å². The first-order valence-corrected chi connectivity index (χ1v) is 10.1. The van der Waals surface area contributed by atoms with Gasteiger partial charge < -0.3 is 5.32 Å². The summed E-state index contributed by atoms with van der Waals surface area (Å²) in [6.07, 6.45) is 1.05. The number of aromatic nitrogens is 1. The van der Waals surface area contributed by atoms with E-state index in [1.54, 1.807) is 29.6 Å². The number of thiazole rings is 1. The van der Waals surface area contributed by atoms with Crippen LogP contribution in [0.3, 0.4) is 0 Å². The number of amides is 1. The van der Waals surface area contributed by atoms with Gasteiger partial charge in [0.1, 0.15) is 10.7 Å². The molecule has 0 saturated carbocycles. The number of benzene rings is 2. The van der Waals surface area contributed by atoms with Crippen molar-refractivity contribution in [3.05, 3.63) is 65.7 Å². The minimum atomic E-state index is -3.45. The van der Waals surface area contributed by atoms with Crippen LogP contribution in [0.5, 0.6) is 0 Å². The number of nitrogens with zero attached hydrogens (tertiary/aromatic N) is 1. The molecule has 0 aliphatic carbocycles. The summed E-state index contributed by atoms with van der Waals surface area (Å²) >= 11 is 1.37. The standard InChI is InChI=1S/C17H15N3O3S2/c1-25(22,23)20-14-10-6-5-9-13(14)18-16(21)15-11-24-17(19-15)12-7-3-2-4-8-12/h2-11,20H,1H3,(H,18,21). The van der Waals surface area contributed by atoms with E-state index < -0.39 is 15.9 Å². The Morgan fingerprint density at radius 1 is 1.00 bits per heavy atom. The molecule has 2 N–H and O–H groups in total. The van der Waals surface area contributed by atoms with Crippen molar-refractivity contribution in [2.24, 2.45) is 0 Å². The molecule has 0 saturated heterocycles. The Morgan fingerprint density at radius 2 is 1.64 bits per heavy atom. The first-order valence-electron chi connectivity index (χ1n) is 7.31. The van der Waals surface area contributed by atoms with Crippen LogP contribution in [0.2, 0.25) is 0 Å². The number of anilines is 2. The number of hydrogen-bond acceptors (Lipinski definition) is 5. The summed E-state index contributed by atoms with van der Waals surface area (Å²) in [5, 5.41) is 5.11. The molecule has 0 spiro atoms. The molecule has 0 unspecified atom stereocenters. The van der Waals surface area contributed by atoms with Gasteiger partial charge in [-0.3, -0.25) is 9.52 Å². The molecule has 1 heterocycles. The monoisotopic (exact) mass is 373 g/mol. The Balaban J connectivity index is 1.81. The van der Waals surface area contributed by atoms with Crippen molar-refractivity contribution >= 4 is 38.6 Å². The van der Waals surface area contributed by atoms with Crippen LogP contribution >= 0.6 is 11.3 Å². The van der Waals surface area contributed by atoms with Gasteiger partial charge in [0.15, 0.2) is 0 Å². The summed E-state index contributed by atoms with van der Waals surface area (Å²) in [4.78, 5) is 16.8. The summed E-state index contributed by atoms with van der Waals surface area (Å²) in [6.45, 7) is 0. The van der Waals surface area contributed by atoms with Gasteiger partial charge in [-0.15, -0.1) is 11.3 Å². The molecule has 0 aliphatic rings. The van der Waals surface area contributed by atoms with E-state index in [1.807, 2.05) is 30.3 Å². The van der Waals surface area contributed by atoms with Crippen LogP contribution < -0.4 is 10.0 Å². The van der Waals surface area contributed by atoms with Gasteiger partial charge in [-0.05, 0) is 12.1 Å². The quantitative estimate of drug-likeness (QED) is 0.717. The Bertz CT molecular complexity index is 999. The van der Waals surface area contributed by atoms with E-state index >= 15 is 0 Å². The average Bonchev–Trinajstić information content (AvgIpc) is 3.06. The Morgan fingerprint density at radius 3 is 2.32 bits per heavy atom. The van der Waals surface area contributed by atoms with E-state index in [1.165, 1.54) is 11.3 Å². The fraction of sp³-hybridized carbons (Fsp3) is 0.0588. The van der Waals surface area contributed by atoms with Crippen molar-refractivity contribution < 1.29 is 13.2 Å². The van der Waals surface area contributed by atoms with Gasteiger partial charge in [-0.25, -0.2) is 13.4 Å². The Labute approximate surface area is 149 Å². The Kier molecular flexibility index (Phi) is 4.82. The second kappa shape index (κ2) is 7.04. The number of carbonyl (C=O) groups excluding carboxylic acids is 1. The molecular formula is C17H15N3O3S2. The molecule has 0 aliphatic heterocycles. The van der Waals surface area contributed by atoms with Gasteiger partial charge >= 0.3 is 0 Å². The van der Waals surface area contributed by atoms with Gasteiger partial charge in [-0.1, -0.05) is 42.5 Å². The zero-order valence-corrected chi connectivity index (χ0v) is 14.9. The van der Waals surface area contributed by atoms with Gasteiger partial charge in [0, 0.05) is 10.9 Å². The minimum absolute atomic E-state index is 0.276. The lowest BCUT2D eigenvalue weighted by Gasteiger charge is -2.11. The summed E-state index contributed by atoms with van der Waals surface area (Å²) in [6, 6.07) is 16.2. The number of rotatable bonds is 5. The van der Waals surface area contributed by atoms with E-state index in [0.717, 1.165) is 16.8 Å². The van der Waals surface area contributed by atoms with Crippen LogP contribution in [-0.4, -0.2) is 25.6 Å². The van der Waals surface area contributed by atoms with E-state index in [4.69, 9.17) is 0 Å². The van der Waals surface area contributed by atoms with Crippen LogP contribution in [0, 0.1) is 0 Å². The molecule has 2 aromatic carbocycles. The molecule has 3 rings (SSSR count). The highest BCUT2D eigenvalue weighted by Gasteiger charge is 2.14. The highest BCUT2D eigenvalue weighted by Crippen LogP contribution is 2.25. The molecule has 8 heteroatoms. The SMILES string of the molecule is CS(=O)(=O)Nc1ccccc1NC(=O)c1csc(-c2ccccc2)n1. The molecule has 0 atom stereocenters. The lowest BCUT2D eigenvalue weighted by molar-refractivity contribution is 0.102. The topological polar surface area (TPSA) is 88.2 Å². The molecule has 6 nitrogen and oxygen atoms in total. The van der Waals surface area contributed by atoms with E-state index in [-0.39, 0.29) is 5.69 Å². The first kappa shape index (κ1) is 17.1. The third-order valence-corrected chi connectivity index (χ3v) is 4.71. The fourth-order valence-corrected chi connectivity index (χ4v) is 3.54. The fourth-order valence-electron chi connectivity index (χ4n) is 2.16. The normalized spacial score (nSPS) is 11.1. The smallest absolute Gasteiger partial charge is 0.275 e. The second-order valence-electron chi connectivity index (χ2n) is 5.28. The van der Waals surface area contributed by atoms with Gasteiger partial charge in [0.05, 0.1) is 17.6 Å². The minimum Gasteiger partial charge on any atom is -0.319 e. The number of sulfonamides is 1. The molecule has 25 heavy (non-hydrogen) atoms. The molecule has 3 aromatic rings. The summed E-state index contributed by atoms with van der Waals surface area (Å²) in [5.41, 5.74) is 1.88. The number of nitrogens with one attached hydrogen (secondary N) is 2. The highest BCUT2D eigenvalue weighted by molar-refractivity contribution is 7.92. The van der Waals surface area contributed by atoms with Gasteiger partial charge in [-0.2, -0.15) is 0 Å². The summed E-state index contributed by atoms with van der Waals surface area (Å²) in [7, 11) is -3.45. The largest absolute Gasteiger partial charge is 0.319 e. The van der Waals surface area contributed by atoms with Gasteiger partial charge in [0.25, 0.3) is 5.91 Å². The molecular weight excluding hydrogens is 358 g/mol. The second-order valence-corrected chi connectivity index (χ2v) is 7.88.